The fourth-order valence-electron chi connectivity index (χ4n) is 3.40. The van der Waals surface area contributed by atoms with Crippen LogP contribution >= 0.6 is 0 Å². The van der Waals surface area contributed by atoms with Gasteiger partial charge in [-0.2, -0.15) is 4.98 Å². The van der Waals surface area contributed by atoms with E-state index in [2.05, 4.69) is 15.2 Å². The highest BCUT2D eigenvalue weighted by molar-refractivity contribution is 5.53. The van der Waals surface area contributed by atoms with Crippen molar-refractivity contribution in [2.24, 2.45) is 0 Å². The Balaban J connectivity index is 1.59. The van der Waals surface area contributed by atoms with Gasteiger partial charge in [-0.05, 0) is 18.9 Å². The van der Waals surface area contributed by atoms with Crippen LogP contribution in [0.25, 0.3) is 0 Å². The second-order valence-electron chi connectivity index (χ2n) is 5.95. The first kappa shape index (κ1) is 14.2. The van der Waals surface area contributed by atoms with E-state index in [4.69, 9.17) is 0 Å². The summed E-state index contributed by atoms with van der Waals surface area (Å²) in [4.78, 5) is 18.4. The lowest BCUT2D eigenvalue weighted by atomic mass is 10.2. The Bertz CT molecular complexity index is 820. The number of anilines is 2. The van der Waals surface area contributed by atoms with Gasteiger partial charge in [0.2, 0.25) is 0 Å². The number of benzene rings is 1. The van der Waals surface area contributed by atoms with Crippen LogP contribution in [-0.4, -0.2) is 22.1 Å². The number of aromatic nitrogens is 2. The molecule has 0 saturated carbocycles. The molecular formula is C16H16F2N4O. The molecular weight excluding hydrogens is 302 g/mol. The molecule has 7 heteroatoms. The molecule has 2 aliphatic rings. The Labute approximate surface area is 131 Å². The average Bonchev–Trinajstić information content (AvgIpc) is 3.11. The first-order valence-electron chi connectivity index (χ1n) is 7.69. The van der Waals surface area contributed by atoms with Gasteiger partial charge in [0.1, 0.15) is 11.6 Å². The van der Waals surface area contributed by atoms with Crippen LogP contribution in [0.2, 0.25) is 0 Å². The summed E-state index contributed by atoms with van der Waals surface area (Å²) in [5.41, 5.74) is -0.106. The van der Waals surface area contributed by atoms with Crippen molar-refractivity contribution in [3.05, 3.63) is 51.9 Å². The highest BCUT2D eigenvalue weighted by Crippen LogP contribution is 2.32. The van der Waals surface area contributed by atoms with Crippen molar-refractivity contribution in [1.29, 1.82) is 0 Å². The molecule has 0 radical (unpaired) electrons. The Morgan fingerprint density at radius 1 is 1.35 bits per heavy atom. The minimum absolute atomic E-state index is 0.0723. The van der Waals surface area contributed by atoms with E-state index in [9.17, 15) is 13.6 Å². The monoisotopic (exact) mass is 318 g/mol. The van der Waals surface area contributed by atoms with Crippen molar-refractivity contribution in [3.8, 4) is 0 Å². The molecule has 1 atom stereocenters. The molecule has 23 heavy (non-hydrogen) atoms. The molecule has 120 valence electrons. The lowest BCUT2D eigenvalue weighted by Gasteiger charge is -2.17. The summed E-state index contributed by atoms with van der Waals surface area (Å²) in [6, 6.07) is 6.22. The lowest BCUT2D eigenvalue weighted by molar-refractivity contribution is 0.500. The summed E-state index contributed by atoms with van der Waals surface area (Å²) < 4.78 is 28.6. The van der Waals surface area contributed by atoms with E-state index in [1.54, 1.807) is 4.57 Å². The van der Waals surface area contributed by atoms with Gasteiger partial charge in [0, 0.05) is 37.3 Å². The normalized spacial score (nSPS) is 18.9. The third-order valence-electron chi connectivity index (χ3n) is 4.55. The molecule has 1 aromatic carbocycles. The SMILES string of the molecule is O=c1nc(NCc2cccc(F)c2F)cc2n1CC1CCCN21. The maximum Gasteiger partial charge on any atom is 0.351 e. The fourth-order valence-corrected chi connectivity index (χ4v) is 3.40. The molecule has 1 saturated heterocycles. The van der Waals surface area contributed by atoms with Crippen molar-refractivity contribution in [2.45, 2.75) is 32.0 Å². The van der Waals surface area contributed by atoms with Gasteiger partial charge in [-0.3, -0.25) is 4.57 Å². The van der Waals surface area contributed by atoms with Crippen LogP contribution in [0.15, 0.2) is 29.1 Å². The quantitative estimate of drug-likeness (QED) is 0.942. The van der Waals surface area contributed by atoms with E-state index in [0.29, 0.717) is 18.4 Å². The Hall–Kier alpha value is -2.44. The molecule has 1 aromatic heterocycles. The number of hydrogen-bond donors (Lipinski definition) is 1. The van der Waals surface area contributed by atoms with Gasteiger partial charge >= 0.3 is 5.69 Å². The van der Waals surface area contributed by atoms with Gasteiger partial charge in [0.15, 0.2) is 11.6 Å². The summed E-state index contributed by atoms with van der Waals surface area (Å²) in [5, 5.41) is 2.92. The molecule has 2 aromatic rings. The highest BCUT2D eigenvalue weighted by Gasteiger charge is 2.34. The standard InChI is InChI=1S/C16H16F2N4O/c17-12-5-1-3-10(15(12)18)8-19-13-7-14-21-6-2-4-11(21)9-22(14)16(23)20-13/h1,3,5,7,11H,2,4,6,8-9H2,(H,19,20,23). The van der Waals surface area contributed by atoms with E-state index in [-0.39, 0.29) is 17.8 Å². The van der Waals surface area contributed by atoms with Crippen molar-refractivity contribution < 1.29 is 8.78 Å². The summed E-state index contributed by atoms with van der Waals surface area (Å²) >= 11 is 0. The summed E-state index contributed by atoms with van der Waals surface area (Å²) in [6.07, 6.45) is 2.21. The van der Waals surface area contributed by atoms with Crippen LogP contribution in [0.5, 0.6) is 0 Å². The third kappa shape index (κ3) is 2.36. The number of rotatable bonds is 3. The fraction of sp³-hybridized carbons (Fsp3) is 0.375. The lowest BCUT2D eigenvalue weighted by Crippen LogP contribution is -2.24. The molecule has 2 aliphatic heterocycles. The van der Waals surface area contributed by atoms with Crippen LogP contribution < -0.4 is 15.9 Å². The topological polar surface area (TPSA) is 50.2 Å². The van der Waals surface area contributed by atoms with Crippen LogP contribution in [0.3, 0.4) is 0 Å². The van der Waals surface area contributed by atoms with Crippen LogP contribution in [0.4, 0.5) is 20.4 Å². The van der Waals surface area contributed by atoms with Crippen LogP contribution in [0.1, 0.15) is 18.4 Å². The number of halogens is 2. The second kappa shape index (κ2) is 5.33. The predicted molar refractivity (Wildman–Crippen MR) is 82.5 cm³/mol. The van der Waals surface area contributed by atoms with E-state index >= 15 is 0 Å². The molecule has 3 heterocycles. The number of hydrogen-bond acceptors (Lipinski definition) is 4. The maximum atomic E-state index is 13.7. The molecule has 1 unspecified atom stereocenters. The summed E-state index contributed by atoms with van der Waals surface area (Å²) in [7, 11) is 0. The predicted octanol–water partition coefficient (Wildman–Crippen LogP) is 2.12. The zero-order chi connectivity index (χ0) is 16.0. The molecule has 5 nitrogen and oxygen atoms in total. The number of nitrogens with zero attached hydrogens (tertiary/aromatic N) is 3. The second-order valence-corrected chi connectivity index (χ2v) is 5.95. The molecule has 0 amide bonds. The molecule has 0 bridgehead atoms. The molecule has 0 spiro atoms. The highest BCUT2D eigenvalue weighted by atomic mass is 19.2. The number of fused-ring (bicyclic) bond motifs is 3. The van der Waals surface area contributed by atoms with Crippen molar-refractivity contribution in [3.63, 3.8) is 0 Å². The first-order valence-corrected chi connectivity index (χ1v) is 7.69. The Morgan fingerprint density at radius 3 is 3.09 bits per heavy atom. The van der Waals surface area contributed by atoms with Gasteiger partial charge in [-0.25, -0.2) is 13.6 Å². The minimum atomic E-state index is -0.883. The van der Waals surface area contributed by atoms with Crippen molar-refractivity contribution in [1.82, 2.24) is 9.55 Å². The van der Waals surface area contributed by atoms with Gasteiger partial charge in [0.25, 0.3) is 0 Å². The first-order chi connectivity index (χ1) is 11.1. The van der Waals surface area contributed by atoms with Gasteiger partial charge in [-0.15, -0.1) is 0 Å². The molecule has 0 aliphatic carbocycles. The Kier molecular flexibility index (Phi) is 3.28. The maximum absolute atomic E-state index is 13.7. The number of nitrogens with one attached hydrogen (secondary N) is 1. The zero-order valence-electron chi connectivity index (χ0n) is 12.4. The Morgan fingerprint density at radius 2 is 2.22 bits per heavy atom. The average molecular weight is 318 g/mol. The van der Waals surface area contributed by atoms with Crippen LogP contribution in [-0.2, 0) is 13.1 Å². The van der Waals surface area contributed by atoms with E-state index < -0.39 is 11.6 Å². The smallest absolute Gasteiger partial charge is 0.351 e. The van der Waals surface area contributed by atoms with Gasteiger partial charge in [0.05, 0.1) is 0 Å². The van der Waals surface area contributed by atoms with Crippen LogP contribution in [0, 0.1) is 11.6 Å². The summed E-state index contributed by atoms with van der Waals surface area (Å²) in [5.74, 6) is -0.518. The molecule has 1 fully saturated rings. The van der Waals surface area contributed by atoms with E-state index in [1.807, 2.05) is 6.07 Å². The third-order valence-corrected chi connectivity index (χ3v) is 4.55. The van der Waals surface area contributed by atoms with Crippen molar-refractivity contribution >= 4 is 11.6 Å². The molecule has 4 rings (SSSR count). The minimum Gasteiger partial charge on any atom is -0.366 e. The van der Waals surface area contributed by atoms with Gasteiger partial charge in [-0.1, -0.05) is 12.1 Å². The van der Waals surface area contributed by atoms with Crippen molar-refractivity contribution in [2.75, 3.05) is 16.8 Å². The zero-order valence-corrected chi connectivity index (χ0v) is 12.4. The van der Waals surface area contributed by atoms with E-state index in [0.717, 1.165) is 31.3 Å². The summed E-state index contributed by atoms with van der Waals surface area (Å²) in [6.45, 7) is 1.69. The largest absolute Gasteiger partial charge is 0.366 e. The van der Waals surface area contributed by atoms with Gasteiger partial charge < -0.3 is 10.2 Å². The van der Waals surface area contributed by atoms with E-state index in [1.165, 1.54) is 12.1 Å². The molecule has 1 N–H and O–H groups in total.